The molecule has 2 aliphatic rings. The summed E-state index contributed by atoms with van der Waals surface area (Å²) >= 11 is 0. The zero-order valence-corrected chi connectivity index (χ0v) is 13.1. The summed E-state index contributed by atoms with van der Waals surface area (Å²) in [6, 6.07) is 3.15. The van der Waals surface area contributed by atoms with Crippen molar-refractivity contribution in [1.29, 1.82) is 0 Å². The molecule has 0 aromatic carbocycles. The Morgan fingerprint density at radius 2 is 2.00 bits per heavy atom. The molecule has 1 aliphatic carbocycles. The van der Waals surface area contributed by atoms with Gasteiger partial charge in [-0.3, -0.25) is 0 Å². The minimum atomic E-state index is -3.40. The zero-order valence-electron chi connectivity index (χ0n) is 12.3. The van der Waals surface area contributed by atoms with Crippen LogP contribution in [0.25, 0.3) is 0 Å². The van der Waals surface area contributed by atoms with E-state index in [1.54, 1.807) is 23.5 Å². The predicted octanol–water partition coefficient (Wildman–Crippen LogP) is 0.840. The van der Waals surface area contributed by atoms with Crippen LogP contribution in [0, 0.1) is 5.92 Å². The summed E-state index contributed by atoms with van der Waals surface area (Å²) in [6.07, 6.45) is 4.20. The second-order valence-electron chi connectivity index (χ2n) is 5.77. The maximum absolute atomic E-state index is 12.6. The highest BCUT2D eigenvalue weighted by Crippen LogP contribution is 2.30. The number of hydrogen-bond acceptors (Lipinski definition) is 5. The summed E-state index contributed by atoms with van der Waals surface area (Å²) in [7, 11) is -1.67. The number of anilines is 1. The Morgan fingerprint density at radius 1 is 1.29 bits per heavy atom. The quantitative estimate of drug-likeness (QED) is 0.873. The molecule has 6 nitrogen and oxygen atoms in total. The molecule has 0 spiro atoms. The van der Waals surface area contributed by atoms with Crippen molar-refractivity contribution in [2.45, 2.75) is 17.7 Å². The molecule has 1 saturated carbocycles. The number of rotatable bonds is 5. The number of nitrogens with zero attached hydrogens (tertiary/aromatic N) is 3. The summed E-state index contributed by atoms with van der Waals surface area (Å²) in [5.41, 5.74) is 0. The van der Waals surface area contributed by atoms with Crippen molar-refractivity contribution in [2.24, 2.45) is 5.92 Å². The molecular weight excluding hydrogens is 288 g/mol. The first-order valence-corrected chi connectivity index (χ1v) is 8.90. The molecule has 0 amide bonds. The summed E-state index contributed by atoms with van der Waals surface area (Å²) in [4.78, 5) is 6.77. The first-order chi connectivity index (χ1) is 10.1. The number of aromatic nitrogens is 1. The summed E-state index contributed by atoms with van der Waals surface area (Å²) in [5.74, 6) is 1.43. The topological polar surface area (TPSA) is 65.5 Å². The minimum absolute atomic E-state index is 0.317. The van der Waals surface area contributed by atoms with Crippen LogP contribution in [0.2, 0.25) is 0 Å². The molecule has 1 aromatic heterocycles. The van der Waals surface area contributed by atoms with E-state index in [9.17, 15) is 8.42 Å². The molecule has 1 aromatic rings. The van der Waals surface area contributed by atoms with Crippen molar-refractivity contribution in [3.05, 3.63) is 18.3 Å². The lowest BCUT2D eigenvalue weighted by atomic mass is 10.3. The van der Waals surface area contributed by atoms with Crippen LogP contribution in [0.3, 0.4) is 0 Å². The summed E-state index contributed by atoms with van der Waals surface area (Å²) in [6.45, 7) is 3.95. The number of nitrogens with one attached hydrogen (secondary N) is 1. The SMILES string of the molecule is CNc1cc(S(=O)(=O)N2CCN(CC3CC3)CC2)ccn1. The van der Waals surface area contributed by atoms with Crippen molar-refractivity contribution in [1.82, 2.24) is 14.2 Å². The molecule has 0 radical (unpaired) electrons. The van der Waals surface area contributed by atoms with Gasteiger partial charge >= 0.3 is 0 Å². The molecule has 0 unspecified atom stereocenters. The largest absolute Gasteiger partial charge is 0.373 e. The van der Waals surface area contributed by atoms with Crippen molar-refractivity contribution < 1.29 is 8.42 Å². The fraction of sp³-hybridized carbons (Fsp3) is 0.643. The van der Waals surface area contributed by atoms with Crippen LogP contribution in [0.1, 0.15) is 12.8 Å². The molecule has 0 atom stereocenters. The van der Waals surface area contributed by atoms with Crippen LogP contribution in [-0.4, -0.2) is 62.4 Å². The van der Waals surface area contributed by atoms with Crippen LogP contribution in [0.15, 0.2) is 23.2 Å². The average molecular weight is 310 g/mol. The van der Waals surface area contributed by atoms with E-state index in [0.29, 0.717) is 23.8 Å². The summed E-state index contributed by atoms with van der Waals surface area (Å²) in [5, 5.41) is 2.88. The van der Waals surface area contributed by atoms with E-state index in [1.807, 2.05) is 0 Å². The molecule has 2 fully saturated rings. The van der Waals surface area contributed by atoms with E-state index >= 15 is 0 Å². The third-order valence-electron chi connectivity index (χ3n) is 4.17. The molecule has 1 saturated heterocycles. The molecule has 21 heavy (non-hydrogen) atoms. The Hall–Kier alpha value is -1.18. The molecule has 3 rings (SSSR count). The predicted molar refractivity (Wildman–Crippen MR) is 81.7 cm³/mol. The molecule has 7 heteroatoms. The van der Waals surface area contributed by atoms with Crippen molar-refractivity contribution in [3.8, 4) is 0 Å². The van der Waals surface area contributed by atoms with Gasteiger partial charge in [0.2, 0.25) is 10.0 Å². The van der Waals surface area contributed by atoms with Gasteiger partial charge in [0, 0.05) is 52.0 Å². The van der Waals surface area contributed by atoms with E-state index in [2.05, 4.69) is 15.2 Å². The van der Waals surface area contributed by atoms with Gasteiger partial charge in [0.25, 0.3) is 0 Å². The number of pyridine rings is 1. The highest BCUT2D eigenvalue weighted by Gasteiger charge is 2.31. The summed E-state index contributed by atoms with van der Waals surface area (Å²) < 4.78 is 26.9. The fourth-order valence-corrected chi connectivity index (χ4v) is 4.11. The van der Waals surface area contributed by atoms with E-state index in [-0.39, 0.29) is 0 Å². The smallest absolute Gasteiger partial charge is 0.243 e. The Balaban J connectivity index is 1.67. The Bertz CT molecular complexity index is 593. The number of piperazine rings is 1. The Labute approximate surface area is 126 Å². The minimum Gasteiger partial charge on any atom is -0.373 e. The monoisotopic (exact) mass is 310 g/mol. The third-order valence-corrected chi connectivity index (χ3v) is 6.06. The van der Waals surface area contributed by atoms with Gasteiger partial charge in [-0.25, -0.2) is 13.4 Å². The van der Waals surface area contributed by atoms with Crippen LogP contribution in [0.5, 0.6) is 0 Å². The first kappa shape index (κ1) is 14.7. The lowest BCUT2D eigenvalue weighted by Crippen LogP contribution is -2.49. The van der Waals surface area contributed by atoms with Crippen molar-refractivity contribution in [3.63, 3.8) is 0 Å². The van der Waals surface area contributed by atoms with Gasteiger partial charge < -0.3 is 10.2 Å². The second kappa shape index (κ2) is 5.90. The van der Waals surface area contributed by atoms with E-state index in [4.69, 9.17) is 0 Å². The van der Waals surface area contributed by atoms with Gasteiger partial charge in [-0.05, 0) is 24.8 Å². The standard InChI is InChI=1S/C14H22N4O2S/c1-15-14-10-13(4-5-16-14)21(19,20)18-8-6-17(7-9-18)11-12-2-3-12/h4-5,10,12H,2-3,6-9,11H2,1H3,(H,15,16). The van der Waals surface area contributed by atoms with E-state index in [1.165, 1.54) is 19.0 Å². The van der Waals surface area contributed by atoms with Crippen LogP contribution in [-0.2, 0) is 10.0 Å². The highest BCUT2D eigenvalue weighted by atomic mass is 32.2. The second-order valence-corrected chi connectivity index (χ2v) is 7.71. The Morgan fingerprint density at radius 3 is 2.62 bits per heavy atom. The lowest BCUT2D eigenvalue weighted by molar-refractivity contribution is 0.182. The molecular formula is C14H22N4O2S. The maximum atomic E-state index is 12.6. The number of sulfonamides is 1. The van der Waals surface area contributed by atoms with Crippen LogP contribution >= 0.6 is 0 Å². The number of hydrogen-bond donors (Lipinski definition) is 1. The van der Waals surface area contributed by atoms with Gasteiger partial charge in [-0.2, -0.15) is 4.31 Å². The van der Waals surface area contributed by atoms with Gasteiger partial charge in [0.15, 0.2) is 0 Å². The average Bonchev–Trinajstić information content (AvgIpc) is 3.32. The third kappa shape index (κ3) is 3.36. The molecule has 0 bridgehead atoms. The highest BCUT2D eigenvalue weighted by molar-refractivity contribution is 7.89. The van der Waals surface area contributed by atoms with Crippen LogP contribution < -0.4 is 5.32 Å². The van der Waals surface area contributed by atoms with Gasteiger partial charge in [-0.15, -0.1) is 0 Å². The molecule has 116 valence electrons. The first-order valence-electron chi connectivity index (χ1n) is 7.46. The van der Waals surface area contributed by atoms with Gasteiger partial charge in [0.1, 0.15) is 5.82 Å². The molecule has 1 N–H and O–H groups in total. The Kier molecular flexibility index (Phi) is 4.14. The van der Waals surface area contributed by atoms with Crippen LogP contribution in [0.4, 0.5) is 5.82 Å². The molecule has 2 heterocycles. The maximum Gasteiger partial charge on any atom is 0.243 e. The normalized spacial score (nSPS) is 21.4. The van der Waals surface area contributed by atoms with Gasteiger partial charge in [-0.1, -0.05) is 0 Å². The van der Waals surface area contributed by atoms with Crippen molar-refractivity contribution in [2.75, 3.05) is 45.1 Å². The lowest BCUT2D eigenvalue weighted by Gasteiger charge is -2.34. The zero-order chi connectivity index (χ0) is 14.9. The fourth-order valence-electron chi connectivity index (χ4n) is 2.68. The van der Waals surface area contributed by atoms with E-state index in [0.717, 1.165) is 25.6 Å². The van der Waals surface area contributed by atoms with Gasteiger partial charge in [0.05, 0.1) is 4.90 Å². The van der Waals surface area contributed by atoms with E-state index < -0.39 is 10.0 Å². The van der Waals surface area contributed by atoms with Crippen molar-refractivity contribution >= 4 is 15.8 Å². The molecule has 1 aliphatic heterocycles.